The van der Waals surface area contributed by atoms with Crippen LogP contribution in [-0.2, 0) is 10.0 Å². The molecule has 0 saturated carbocycles. The Morgan fingerprint density at radius 2 is 2.15 bits per heavy atom. The number of rotatable bonds is 4. The van der Waals surface area contributed by atoms with Crippen molar-refractivity contribution < 1.29 is 18.3 Å². The minimum absolute atomic E-state index is 0.130. The summed E-state index contributed by atoms with van der Waals surface area (Å²) in [5, 5.41) is 9.18. The van der Waals surface area contributed by atoms with Gasteiger partial charge in [0.2, 0.25) is 0 Å². The summed E-state index contributed by atoms with van der Waals surface area (Å²) in [6.45, 7) is 0. The van der Waals surface area contributed by atoms with Gasteiger partial charge in [0.1, 0.15) is 4.90 Å². The van der Waals surface area contributed by atoms with Gasteiger partial charge >= 0.3 is 5.97 Å². The second-order valence-corrected chi connectivity index (χ2v) is 7.70. The van der Waals surface area contributed by atoms with Gasteiger partial charge in [-0.25, -0.2) is 18.2 Å². The molecule has 0 atom stereocenters. The van der Waals surface area contributed by atoms with Crippen LogP contribution in [0.25, 0.3) is 0 Å². The number of carbonyl (C=O) groups is 1. The second kappa shape index (κ2) is 5.38. The summed E-state index contributed by atoms with van der Waals surface area (Å²) in [5.41, 5.74) is 5.24. The van der Waals surface area contributed by atoms with Crippen LogP contribution in [0.3, 0.4) is 0 Å². The van der Waals surface area contributed by atoms with Gasteiger partial charge in [0, 0.05) is 5.69 Å². The van der Waals surface area contributed by atoms with Crippen molar-refractivity contribution in [3.8, 4) is 0 Å². The molecule has 0 bridgehead atoms. The van der Waals surface area contributed by atoms with Crippen molar-refractivity contribution in [1.82, 2.24) is 4.98 Å². The third-order valence-corrected chi connectivity index (χ3v) is 5.14. The number of anilines is 2. The lowest BCUT2D eigenvalue weighted by molar-refractivity contribution is 0.0692. The first-order valence-corrected chi connectivity index (χ1v) is 8.16. The van der Waals surface area contributed by atoms with E-state index in [1.807, 2.05) is 0 Å². The highest BCUT2D eigenvalue weighted by Gasteiger charge is 2.23. The molecule has 1 aromatic heterocycles. The van der Waals surface area contributed by atoms with Crippen molar-refractivity contribution >= 4 is 54.1 Å². The van der Waals surface area contributed by atoms with Gasteiger partial charge < -0.3 is 10.8 Å². The number of hydrogen-bond donors (Lipinski definition) is 3. The molecule has 0 aliphatic heterocycles. The Morgan fingerprint density at radius 1 is 1.45 bits per heavy atom. The smallest absolute Gasteiger partial charge is 0.337 e. The maximum absolute atomic E-state index is 12.2. The average molecular weight is 378 g/mol. The van der Waals surface area contributed by atoms with Crippen LogP contribution in [0.5, 0.6) is 0 Å². The monoisotopic (exact) mass is 377 g/mol. The van der Waals surface area contributed by atoms with E-state index in [0.29, 0.717) is 3.79 Å². The number of aromatic carboxylic acids is 1. The first kappa shape index (κ1) is 14.8. The fraction of sp³-hybridized carbons (Fsp3) is 0. The number of aromatic nitrogens is 1. The quantitative estimate of drug-likeness (QED) is 0.700. The predicted molar refractivity (Wildman–Crippen MR) is 78.4 cm³/mol. The van der Waals surface area contributed by atoms with Gasteiger partial charge in [-0.3, -0.25) is 4.72 Å². The van der Waals surface area contributed by atoms with Crippen LogP contribution in [-0.4, -0.2) is 24.5 Å². The average Bonchev–Trinajstić information content (AvgIpc) is 2.73. The van der Waals surface area contributed by atoms with Gasteiger partial charge in [0.25, 0.3) is 10.0 Å². The molecule has 2 rings (SSSR count). The van der Waals surface area contributed by atoms with Gasteiger partial charge in [-0.05, 0) is 34.1 Å². The normalized spacial score (nSPS) is 11.2. The van der Waals surface area contributed by atoms with Gasteiger partial charge in [0.15, 0.2) is 5.13 Å². The fourth-order valence-electron chi connectivity index (χ4n) is 1.42. The minimum atomic E-state index is -4.05. The number of carboxylic acids is 1. The topological polar surface area (TPSA) is 122 Å². The van der Waals surface area contributed by atoms with Gasteiger partial charge in [-0.1, -0.05) is 11.3 Å². The Morgan fingerprint density at radius 3 is 2.70 bits per heavy atom. The lowest BCUT2D eigenvalue weighted by atomic mass is 10.2. The molecule has 0 aliphatic carbocycles. The van der Waals surface area contributed by atoms with Gasteiger partial charge in [0.05, 0.1) is 15.5 Å². The van der Waals surface area contributed by atoms with Crippen LogP contribution in [0.15, 0.2) is 33.1 Å². The molecule has 1 aromatic carbocycles. The van der Waals surface area contributed by atoms with Crippen molar-refractivity contribution in [2.24, 2.45) is 0 Å². The molecule has 2 aromatic rings. The lowest BCUT2D eigenvalue weighted by Gasteiger charge is -2.08. The Hall–Kier alpha value is -1.65. The molecule has 4 N–H and O–H groups in total. The van der Waals surface area contributed by atoms with Crippen LogP contribution < -0.4 is 10.5 Å². The standard InChI is InChI=1S/C10H8BrN3O4S2/c11-8-4-13-10(19-8)14-20(17,18)7-2-1-5(12)3-6(7)9(15)16/h1-4H,12H2,(H,13,14)(H,15,16). The maximum atomic E-state index is 12.2. The number of halogens is 1. The summed E-state index contributed by atoms with van der Waals surface area (Å²) >= 11 is 4.22. The molecule has 0 fully saturated rings. The zero-order valence-electron chi connectivity index (χ0n) is 9.70. The summed E-state index contributed by atoms with van der Waals surface area (Å²) in [6.07, 6.45) is 1.43. The van der Waals surface area contributed by atoms with Gasteiger partial charge in [-0.2, -0.15) is 0 Å². The van der Waals surface area contributed by atoms with Crippen molar-refractivity contribution in [1.29, 1.82) is 0 Å². The van der Waals surface area contributed by atoms with E-state index in [4.69, 9.17) is 10.8 Å². The van der Waals surface area contributed by atoms with Crippen LogP contribution in [0.4, 0.5) is 10.8 Å². The van der Waals surface area contributed by atoms with E-state index >= 15 is 0 Å². The number of nitrogens with zero attached hydrogens (tertiary/aromatic N) is 1. The number of nitrogen functional groups attached to an aromatic ring is 1. The van der Waals surface area contributed by atoms with Crippen LogP contribution in [0, 0.1) is 0 Å². The van der Waals surface area contributed by atoms with E-state index in [-0.39, 0.29) is 15.7 Å². The Bertz CT molecular complexity index is 773. The van der Waals surface area contributed by atoms with Crippen molar-refractivity contribution in [2.45, 2.75) is 4.90 Å². The van der Waals surface area contributed by atoms with Crippen LogP contribution in [0.2, 0.25) is 0 Å². The molecule has 20 heavy (non-hydrogen) atoms. The van der Waals surface area contributed by atoms with E-state index in [9.17, 15) is 13.2 Å². The largest absolute Gasteiger partial charge is 0.478 e. The number of nitrogens with two attached hydrogens (primary N) is 1. The molecular formula is C10H8BrN3O4S2. The SMILES string of the molecule is Nc1ccc(S(=O)(=O)Nc2ncc(Br)s2)c(C(=O)O)c1. The zero-order chi connectivity index (χ0) is 14.9. The van der Waals surface area contributed by atoms with E-state index in [0.717, 1.165) is 23.5 Å². The number of sulfonamides is 1. The number of benzene rings is 1. The van der Waals surface area contributed by atoms with Crippen LogP contribution >= 0.6 is 27.3 Å². The molecule has 0 saturated heterocycles. The molecule has 0 spiro atoms. The molecule has 106 valence electrons. The van der Waals surface area contributed by atoms with E-state index in [1.165, 1.54) is 12.3 Å². The fourth-order valence-corrected chi connectivity index (χ4v) is 3.95. The predicted octanol–water partition coefficient (Wildman–Crippen LogP) is 1.99. The number of nitrogens with one attached hydrogen (secondary N) is 1. The summed E-state index contributed by atoms with van der Waals surface area (Å²) in [7, 11) is -4.05. The maximum Gasteiger partial charge on any atom is 0.337 e. The molecule has 10 heteroatoms. The summed E-state index contributed by atoms with van der Waals surface area (Å²) in [5.74, 6) is -1.38. The Labute approximate surface area is 126 Å². The molecule has 0 radical (unpaired) electrons. The van der Waals surface area contributed by atoms with E-state index in [1.54, 1.807) is 0 Å². The molecule has 0 unspecified atom stereocenters. The van der Waals surface area contributed by atoms with Gasteiger partial charge in [-0.15, -0.1) is 0 Å². The first-order valence-electron chi connectivity index (χ1n) is 5.06. The highest BCUT2D eigenvalue weighted by atomic mass is 79.9. The third kappa shape index (κ3) is 3.08. The molecule has 0 amide bonds. The molecule has 7 nitrogen and oxygen atoms in total. The van der Waals surface area contributed by atoms with Crippen molar-refractivity contribution in [2.75, 3.05) is 10.5 Å². The lowest BCUT2D eigenvalue weighted by Crippen LogP contribution is -2.17. The minimum Gasteiger partial charge on any atom is -0.478 e. The van der Waals surface area contributed by atoms with Crippen molar-refractivity contribution in [3.63, 3.8) is 0 Å². The summed E-state index contributed by atoms with van der Waals surface area (Å²) in [4.78, 5) is 14.6. The Kier molecular flexibility index (Phi) is 3.97. The van der Waals surface area contributed by atoms with Crippen molar-refractivity contribution in [3.05, 3.63) is 33.7 Å². The van der Waals surface area contributed by atoms with E-state index in [2.05, 4.69) is 25.6 Å². The second-order valence-electron chi connectivity index (χ2n) is 3.64. The highest BCUT2D eigenvalue weighted by molar-refractivity contribution is 9.11. The molecular weight excluding hydrogens is 370 g/mol. The molecule has 0 aliphatic rings. The first-order chi connectivity index (χ1) is 9.29. The van der Waals surface area contributed by atoms with Crippen LogP contribution in [0.1, 0.15) is 10.4 Å². The van der Waals surface area contributed by atoms with E-state index < -0.39 is 21.6 Å². The summed E-state index contributed by atoms with van der Waals surface area (Å²) < 4.78 is 27.2. The summed E-state index contributed by atoms with van der Waals surface area (Å²) in [6, 6.07) is 3.55. The number of thiazole rings is 1. The molecule has 1 heterocycles. The highest BCUT2D eigenvalue weighted by Crippen LogP contribution is 2.27. The number of hydrogen-bond acceptors (Lipinski definition) is 6. The third-order valence-electron chi connectivity index (χ3n) is 2.22. The number of carboxylic acid groups (broad SMARTS) is 1. The Balaban J connectivity index is 2.46. The zero-order valence-corrected chi connectivity index (χ0v) is 12.9.